The summed E-state index contributed by atoms with van der Waals surface area (Å²) in [4.78, 5) is 0. The molecule has 0 radical (unpaired) electrons. The van der Waals surface area contributed by atoms with Gasteiger partial charge in [-0.3, -0.25) is 0 Å². The van der Waals surface area contributed by atoms with Crippen LogP contribution in [0.25, 0.3) is 0 Å². The zero-order valence-corrected chi connectivity index (χ0v) is 8.94. The minimum atomic E-state index is -0.745. The van der Waals surface area contributed by atoms with Crippen LogP contribution in [0.5, 0.6) is 0 Å². The third-order valence-corrected chi connectivity index (χ3v) is 2.55. The third kappa shape index (κ3) is 2.25. The van der Waals surface area contributed by atoms with Crippen LogP contribution in [0, 0.1) is 0 Å². The molecule has 0 fully saturated rings. The molecule has 0 amide bonds. The van der Waals surface area contributed by atoms with E-state index in [2.05, 4.69) is 6.58 Å². The highest BCUT2D eigenvalue weighted by molar-refractivity contribution is 6.29. The lowest BCUT2D eigenvalue weighted by Gasteiger charge is -2.22. The Labute approximate surface area is 88.6 Å². The van der Waals surface area contributed by atoms with Crippen LogP contribution in [-0.2, 0) is 0 Å². The fourth-order valence-corrected chi connectivity index (χ4v) is 1.77. The maximum Gasteiger partial charge on any atom is 0.143 e. The first-order valence-corrected chi connectivity index (χ1v) is 5.01. The summed E-state index contributed by atoms with van der Waals surface area (Å²) in [7, 11) is 0. The van der Waals surface area contributed by atoms with E-state index in [1.807, 2.05) is 0 Å². The average molecular weight is 217 g/mol. The van der Waals surface area contributed by atoms with E-state index >= 15 is 0 Å². The van der Waals surface area contributed by atoms with E-state index in [4.69, 9.17) is 11.6 Å². The minimum Gasteiger partial charge on any atom is -0.388 e. The lowest BCUT2D eigenvalue weighted by molar-refractivity contribution is 0.188. The van der Waals surface area contributed by atoms with E-state index in [1.165, 1.54) is 6.92 Å². The molecule has 1 N–H and O–H groups in total. The van der Waals surface area contributed by atoms with Crippen molar-refractivity contribution in [2.45, 2.75) is 32.3 Å². The molecule has 0 saturated carbocycles. The Hall–Kier alpha value is -0.600. The van der Waals surface area contributed by atoms with Gasteiger partial charge < -0.3 is 5.11 Å². The largest absolute Gasteiger partial charge is 0.388 e. The predicted octanol–water partition coefficient (Wildman–Crippen LogP) is 3.45. The Balaban J connectivity index is 3.18. The van der Waals surface area contributed by atoms with Gasteiger partial charge in [-0.25, -0.2) is 4.39 Å². The molecule has 1 aliphatic rings. The van der Waals surface area contributed by atoms with E-state index in [9.17, 15) is 9.50 Å². The molecular formula is C11H14ClFO. The fourth-order valence-electron chi connectivity index (χ4n) is 1.66. The summed E-state index contributed by atoms with van der Waals surface area (Å²) in [5.41, 5.74) is 1.08. The van der Waals surface area contributed by atoms with Crippen molar-refractivity contribution in [2.24, 2.45) is 0 Å². The van der Waals surface area contributed by atoms with Crippen molar-refractivity contribution in [1.82, 2.24) is 0 Å². The van der Waals surface area contributed by atoms with Gasteiger partial charge >= 0.3 is 0 Å². The summed E-state index contributed by atoms with van der Waals surface area (Å²) in [6, 6.07) is 0. The molecule has 1 unspecified atom stereocenters. The Bertz CT molecular complexity index is 300. The highest BCUT2D eigenvalue weighted by Crippen LogP contribution is 2.33. The molecule has 78 valence electrons. The Morgan fingerprint density at radius 3 is 2.86 bits per heavy atom. The molecule has 0 saturated heterocycles. The van der Waals surface area contributed by atoms with Gasteiger partial charge in [0.1, 0.15) is 5.83 Å². The van der Waals surface area contributed by atoms with Crippen molar-refractivity contribution in [2.75, 3.05) is 0 Å². The monoisotopic (exact) mass is 216 g/mol. The molecule has 0 heterocycles. The molecule has 1 aliphatic carbocycles. The first kappa shape index (κ1) is 11.5. The second-order valence-corrected chi connectivity index (χ2v) is 3.97. The second kappa shape index (κ2) is 4.76. The number of rotatable bonds is 2. The summed E-state index contributed by atoms with van der Waals surface area (Å²) < 4.78 is 13.6. The number of hydrogen-bond donors (Lipinski definition) is 1. The van der Waals surface area contributed by atoms with E-state index in [1.54, 1.807) is 6.08 Å². The van der Waals surface area contributed by atoms with Crippen LogP contribution in [0.3, 0.4) is 0 Å². The van der Waals surface area contributed by atoms with Gasteiger partial charge in [0, 0.05) is 5.57 Å². The van der Waals surface area contributed by atoms with Gasteiger partial charge in [0.2, 0.25) is 0 Å². The molecule has 0 aromatic rings. The van der Waals surface area contributed by atoms with Crippen LogP contribution in [-0.4, -0.2) is 11.2 Å². The van der Waals surface area contributed by atoms with Crippen molar-refractivity contribution in [3.05, 3.63) is 34.7 Å². The maximum atomic E-state index is 13.6. The molecule has 0 spiro atoms. The van der Waals surface area contributed by atoms with E-state index < -0.39 is 11.9 Å². The molecule has 0 bridgehead atoms. The van der Waals surface area contributed by atoms with Gasteiger partial charge in [0.05, 0.1) is 11.1 Å². The molecule has 14 heavy (non-hydrogen) atoms. The summed E-state index contributed by atoms with van der Waals surface area (Å²) in [6.45, 7) is 5.09. The normalized spacial score (nSPS) is 24.7. The summed E-state index contributed by atoms with van der Waals surface area (Å²) >= 11 is 5.57. The van der Waals surface area contributed by atoms with E-state index in [0.717, 1.165) is 18.4 Å². The van der Waals surface area contributed by atoms with Crippen molar-refractivity contribution in [1.29, 1.82) is 0 Å². The number of aliphatic hydroxyl groups is 1. The zero-order chi connectivity index (χ0) is 10.7. The summed E-state index contributed by atoms with van der Waals surface area (Å²) in [5.74, 6) is -0.506. The van der Waals surface area contributed by atoms with Crippen molar-refractivity contribution in [3.63, 3.8) is 0 Å². The fraction of sp³-hybridized carbons (Fsp3) is 0.455. The number of aliphatic hydroxyl groups excluding tert-OH is 1. The van der Waals surface area contributed by atoms with Crippen LogP contribution in [0.15, 0.2) is 34.7 Å². The highest BCUT2D eigenvalue weighted by atomic mass is 35.5. The quantitative estimate of drug-likeness (QED) is 0.750. The highest BCUT2D eigenvalue weighted by Gasteiger charge is 2.23. The Morgan fingerprint density at radius 1 is 1.71 bits per heavy atom. The number of hydrogen-bond acceptors (Lipinski definition) is 1. The topological polar surface area (TPSA) is 20.2 Å². The third-order valence-electron chi connectivity index (χ3n) is 2.39. The van der Waals surface area contributed by atoms with E-state index in [-0.39, 0.29) is 5.03 Å². The molecular weight excluding hydrogens is 203 g/mol. The Kier molecular flexibility index (Phi) is 3.90. The summed E-state index contributed by atoms with van der Waals surface area (Å²) in [6.07, 6.45) is 3.06. The first-order chi connectivity index (χ1) is 6.57. The maximum absolute atomic E-state index is 13.6. The molecule has 0 aromatic carbocycles. The lowest BCUT2D eigenvalue weighted by Crippen LogP contribution is -2.17. The van der Waals surface area contributed by atoms with Crippen LogP contribution < -0.4 is 0 Å². The van der Waals surface area contributed by atoms with Gasteiger partial charge in [0.25, 0.3) is 0 Å². The predicted molar refractivity (Wildman–Crippen MR) is 56.7 cm³/mol. The van der Waals surface area contributed by atoms with Gasteiger partial charge in [-0.05, 0) is 31.8 Å². The molecule has 1 nitrogen and oxygen atoms in total. The van der Waals surface area contributed by atoms with Gasteiger partial charge in [0.15, 0.2) is 0 Å². The van der Waals surface area contributed by atoms with Crippen molar-refractivity contribution in [3.8, 4) is 0 Å². The van der Waals surface area contributed by atoms with Gasteiger partial charge in [-0.15, -0.1) is 0 Å². The molecule has 1 rings (SSSR count). The van der Waals surface area contributed by atoms with Crippen LogP contribution in [0.1, 0.15) is 26.2 Å². The van der Waals surface area contributed by atoms with Crippen molar-refractivity contribution >= 4 is 11.6 Å². The van der Waals surface area contributed by atoms with Gasteiger partial charge in [-0.2, -0.15) is 0 Å². The minimum absolute atomic E-state index is 0.0836. The van der Waals surface area contributed by atoms with Crippen molar-refractivity contribution < 1.29 is 9.50 Å². The second-order valence-electron chi connectivity index (χ2n) is 3.40. The first-order valence-electron chi connectivity index (χ1n) is 4.63. The molecule has 3 heteroatoms. The summed E-state index contributed by atoms with van der Waals surface area (Å²) in [5, 5.41) is 9.73. The standard InChI is InChI=1S/C11H14ClFO/c1-3-8-5-4-6-9(14)10(8)11(13)7(2)12/h3,9,14H,1,4-6H2,2H3/b11-7-. The van der Waals surface area contributed by atoms with Crippen LogP contribution in [0.4, 0.5) is 4.39 Å². The smallest absolute Gasteiger partial charge is 0.143 e. The number of allylic oxidation sites excluding steroid dienone is 3. The SMILES string of the molecule is C=CC1=C(/C(F)=C(\C)Cl)C(O)CCC1. The van der Waals surface area contributed by atoms with Gasteiger partial charge in [-0.1, -0.05) is 24.3 Å². The van der Waals surface area contributed by atoms with Crippen LogP contribution in [0.2, 0.25) is 0 Å². The molecule has 1 atom stereocenters. The van der Waals surface area contributed by atoms with E-state index in [0.29, 0.717) is 12.0 Å². The Morgan fingerprint density at radius 2 is 2.36 bits per heavy atom. The average Bonchev–Trinajstić information content (AvgIpc) is 2.16. The zero-order valence-electron chi connectivity index (χ0n) is 8.19. The number of halogens is 2. The van der Waals surface area contributed by atoms with Crippen LogP contribution >= 0.6 is 11.6 Å². The lowest BCUT2D eigenvalue weighted by atomic mass is 9.88. The molecule has 0 aromatic heterocycles. The molecule has 0 aliphatic heterocycles.